The summed E-state index contributed by atoms with van der Waals surface area (Å²) in [7, 11) is 0. The lowest BCUT2D eigenvalue weighted by Crippen LogP contribution is -2.51. The Balaban J connectivity index is 1.46. The minimum atomic E-state index is -0.197. The van der Waals surface area contributed by atoms with E-state index in [1.807, 2.05) is 4.90 Å². The van der Waals surface area contributed by atoms with Crippen LogP contribution in [0.5, 0.6) is 0 Å². The molecule has 2 aliphatic rings. The Morgan fingerprint density at radius 2 is 2.00 bits per heavy atom. The van der Waals surface area contributed by atoms with E-state index in [0.717, 1.165) is 51.7 Å². The first kappa shape index (κ1) is 16.5. The number of aryl methyl sites for hydroxylation is 1. The quantitative estimate of drug-likeness (QED) is 0.889. The summed E-state index contributed by atoms with van der Waals surface area (Å²) in [4.78, 5) is 28.1. The van der Waals surface area contributed by atoms with Gasteiger partial charge in [-0.15, -0.1) is 0 Å². The van der Waals surface area contributed by atoms with Crippen LogP contribution in [0.1, 0.15) is 37.7 Å². The van der Waals surface area contributed by atoms with Crippen molar-refractivity contribution in [1.82, 2.24) is 9.80 Å². The molecule has 0 aliphatic carbocycles. The smallest absolute Gasteiger partial charge is 0.234 e. The van der Waals surface area contributed by atoms with Crippen LogP contribution in [0.2, 0.25) is 0 Å². The molecule has 2 fully saturated rings. The number of thiophene rings is 1. The number of primary amides is 1. The van der Waals surface area contributed by atoms with Gasteiger partial charge < -0.3 is 10.6 Å². The van der Waals surface area contributed by atoms with E-state index in [0.29, 0.717) is 12.5 Å². The molecule has 23 heavy (non-hydrogen) atoms. The van der Waals surface area contributed by atoms with Gasteiger partial charge in [-0.25, -0.2) is 0 Å². The molecule has 3 heterocycles. The predicted molar refractivity (Wildman–Crippen MR) is 91.2 cm³/mol. The molecule has 1 aromatic rings. The summed E-state index contributed by atoms with van der Waals surface area (Å²) < 4.78 is 0. The minimum Gasteiger partial charge on any atom is -0.368 e. The summed E-state index contributed by atoms with van der Waals surface area (Å²) >= 11 is 1.68. The molecule has 2 saturated heterocycles. The third kappa shape index (κ3) is 3.93. The summed E-state index contributed by atoms with van der Waals surface area (Å²) in [5.41, 5.74) is 6.76. The van der Waals surface area contributed by atoms with Crippen LogP contribution in [-0.4, -0.2) is 53.3 Å². The third-order valence-corrected chi connectivity index (χ3v) is 5.85. The van der Waals surface area contributed by atoms with Crippen molar-refractivity contribution in [3.63, 3.8) is 0 Å². The maximum Gasteiger partial charge on any atom is 0.234 e. The van der Waals surface area contributed by atoms with Crippen LogP contribution in [-0.2, 0) is 16.0 Å². The molecule has 0 aromatic carbocycles. The number of hydrogen-bond donors (Lipinski definition) is 1. The molecule has 2 N–H and O–H groups in total. The Morgan fingerprint density at radius 1 is 1.22 bits per heavy atom. The van der Waals surface area contributed by atoms with Crippen LogP contribution in [0.25, 0.3) is 0 Å². The Morgan fingerprint density at radius 3 is 2.65 bits per heavy atom. The molecule has 1 unspecified atom stereocenters. The maximum atomic E-state index is 12.3. The number of amides is 2. The van der Waals surface area contributed by atoms with Crippen LogP contribution in [0.15, 0.2) is 16.8 Å². The van der Waals surface area contributed by atoms with E-state index in [1.54, 1.807) is 11.3 Å². The summed E-state index contributed by atoms with van der Waals surface area (Å²) in [5, 5.41) is 4.16. The topological polar surface area (TPSA) is 66.6 Å². The zero-order chi connectivity index (χ0) is 16.2. The summed E-state index contributed by atoms with van der Waals surface area (Å²) in [5.74, 6) is 0.0549. The van der Waals surface area contributed by atoms with Crippen LogP contribution >= 0.6 is 11.3 Å². The predicted octanol–water partition coefficient (Wildman–Crippen LogP) is 1.62. The number of carbonyl (C=O) groups excluding carboxylic acids is 2. The van der Waals surface area contributed by atoms with Gasteiger partial charge in [0.25, 0.3) is 0 Å². The first-order chi connectivity index (χ1) is 11.1. The fourth-order valence-corrected chi connectivity index (χ4v) is 4.53. The van der Waals surface area contributed by atoms with Crippen LogP contribution < -0.4 is 5.73 Å². The highest BCUT2D eigenvalue weighted by molar-refractivity contribution is 7.07. The van der Waals surface area contributed by atoms with Gasteiger partial charge in [-0.05, 0) is 61.0 Å². The molecule has 6 heteroatoms. The molecule has 1 aromatic heterocycles. The molecule has 3 rings (SSSR count). The van der Waals surface area contributed by atoms with E-state index in [1.165, 1.54) is 5.56 Å². The second kappa shape index (κ2) is 7.45. The van der Waals surface area contributed by atoms with Gasteiger partial charge in [0.05, 0.1) is 6.04 Å². The average molecular weight is 335 g/mol. The van der Waals surface area contributed by atoms with Gasteiger partial charge in [-0.3, -0.25) is 14.5 Å². The number of nitrogens with zero attached hydrogens (tertiary/aromatic N) is 2. The SMILES string of the molecule is NC(=O)C1CCCN1C1CCN(C(=O)CCc2ccsc2)CC1. The molecule has 2 aliphatic heterocycles. The summed E-state index contributed by atoms with van der Waals surface area (Å²) in [6.07, 6.45) is 5.26. The highest BCUT2D eigenvalue weighted by Crippen LogP contribution is 2.26. The highest BCUT2D eigenvalue weighted by atomic mass is 32.1. The minimum absolute atomic E-state index is 0.0964. The van der Waals surface area contributed by atoms with Gasteiger partial charge in [0.1, 0.15) is 0 Å². The molecule has 0 radical (unpaired) electrons. The van der Waals surface area contributed by atoms with Crippen LogP contribution in [0, 0.1) is 0 Å². The summed E-state index contributed by atoms with van der Waals surface area (Å²) in [6.45, 7) is 2.56. The van der Waals surface area contributed by atoms with E-state index in [2.05, 4.69) is 21.7 Å². The molecular weight excluding hydrogens is 310 g/mol. The van der Waals surface area contributed by atoms with E-state index in [4.69, 9.17) is 5.73 Å². The van der Waals surface area contributed by atoms with E-state index in [9.17, 15) is 9.59 Å². The number of piperidine rings is 1. The average Bonchev–Trinajstić information content (AvgIpc) is 3.24. The van der Waals surface area contributed by atoms with Gasteiger partial charge in [-0.2, -0.15) is 11.3 Å². The third-order valence-electron chi connectivity index (χ3n) is 5.12. The second-order valence-electron chi connectivity index (χ2n) is 6.54. The Labute approximate surface area is 141 Å². The van der Waals surface area contributed by atoms with Gasteiger partial charge >= 0.3 is 0 Å². The fourth-order valence-electron chi connectivity index (χ4n) is 3.82. The molecule has 1 atom stereocenters. The number of hydrogen-bond acceptors (Lipinski definition) is 4. The monoisotopic (exact) mass is 335 g/mol. The zero-order valence-electron chi connectivity index (χ0n) is 13.4. The van der Waals surface area contributed by atoms with Crippen molar-refractivity contribution < 1.29 is 9.59 Å². The van der Waals surface area contributed by atoms with Crippen molar-refractivity contribution in [3.05, 3.63) is 22.4 Å². The molecule has 0 bridgehead atoms. The molecule has 126 valence electrons. The fraction of sp³-hybridized carbons (Fsp3) is 0.647. The Hall–Kier alpha value is -1.40. The van der Waals surface area contributed by atoms with Crippen molar-refractivity contribution >= 4 is 23.2 Å². The standard InChI is InChI=1S/C17H25N3O2S/c18-17(22)15-2-1-8-20(15)14-5-9-19(10-6-14)16(21)4-3-13-7-11-23-12-13/h7,11-12,14-15H,1-6,8-10H2,(H2,18,22). The van der Waals surface area contributed by atoms with E-state index in [-0.39, 0.29) is 17.9 Å². The zero-order valence-corrected chi connectivity index (χ0v) is 14.3. The number of nitrogens with two attached hydrogens (primary N) is 1. The molecule has 0 saturated carbocycles. The largest absolute Gasteiger partial charge is 0.368 e. The Kier molecular flexibility index (Phi) is 5.33. The Bertz CT molecular complexity index is 538. The number of rotatable bonds is 5. The van der Waals surface area contributed by atoms with Gasteiger partial charge in [0.15, 0.2) is 0 Å². The first-order valence-electron chi connectivity index (χ1n) is 8.49. The van der Waals surface area contributed by atoms with Crippen LogP contribution in [0.3, 0.4) is 0 Å². The van der Waals surface area contributed by atoms with Gasteiger partial charge in [0, 0.05) is 25.6 Å². The van der Waals surface area contributed by atoms with Gasteiger partial charge in [-0.1, -0.05) is 0 Å². The highest BCUT2D eigenvalue weighted by Gasteiger charge is 2.36. The van der Waals surface area contributed by atoms with E-state index >= 15 is 0 Å². The molecular formula is C17H25N3O2S. The van der Waals surface area contributed by atoms with Crippen molar-refractivity contribution in [2.45, 2.75) is 50.6 Å². The lowest BCUT2D eigenvalue weighted by atomic mass is 10.0. The maximum absolute atomic E-state index is 12.3. The van der Waals surface area contributed by atoms with Crippen molar-refractivity contribution in [1.29, 1.82) is 0 Å². The van der Waals surface area contributed by atoms with Crippen molar-refractivity contribution in [2.75, 3.05) is 19.6 Å². The lowest BCUT2D eigenvalue weighted by Gasteiger charge is -2.38. The van der Waals surface area contributed by atoms with Gasteiger partial charge in [0.2, 0.25) is 11.8 Å². The van der Waals surface area contributed by atoms with E-state index < -0.39 is 0 Å². The molecule has 5 nitrogen and oxygen atoms in total. The second-order valence-corrected chi connectivity index (χ2v) is 7.32. The molecule has 2 amide bonds. The van der Waals surface area contributed by atoms with Crippen LogP contribution in [0.4, 0.5) is 0 Å². The lowest BCUT2D eigenvalue weighted by molar-refractivity contribution is -0.133. The number of likely N-dealkylation sites (tertiary alicyclic amines) is 2. The van der Waals surface area contributed by atoms with Crippen molar-refractivity contribution in [2.24, 2.45) is 5.73 Å². The summed E-state index contributed by atoms with van der Waals surface area (Å²) in [6, 6.07) is 2.39. The first-order valence-corrected chi connectivity index (χ1v) is 9.43. The number of carbonyl (C=O) groups is 2. The molecule has 0 spiro atoms. The normalized spacial score (nSPS) is 23.3. The van der Waals surface area contributed by atoms with Crippen molar-refractivity contribution in [3.8, 4) is 0 Å².